The zero-order valence-corrected chi connectivity index (χ0v) is 12.8. The van der Waals surface area contributed by atoms with E-state index < -0.39 is 5.82 Å². The van der Waals surface area contributed by atoms with Crippen molar-refractivity contribution in [3.05, 3.63) is 59.4 Å². The first kappa shape index (κ1) is 16.9. The Balaban J connectivity index is 2.07. The second-order valence-corrected chi connectivity index (χ2v) is 5.08. The number of benzene rings is 2. The van der Waals surface area contributed by atoms with Crippen LogP contribution in [0.3, 0.4) is 0 Å². The topological polar surface area (TPSA) is 93.2 Å². The van der Waals surface area contributed by atoms with Crippen LogP contribution in [-0.4, -0.2) is 32.0 Å². The molecule has 5 nitrogen and oxygen atoms in total. The third-order valence-electron chi connectivity index (χ3n) is 3.35. The summed E-state index contributed by atoms with van der Waals surface area (Å²) < 4.78 is 14.0. The van der Waals surface area contributed by atoms with Crippen LogP contribution in [0.1, 0.15) is 15.9 Å². The third kappa shape index (κ3) is 4.51. The van der Waals surface area contributed by atoms with Crippen molar-refractivity contribution in [1.82, 2.24) is 5.32 Å². The number of hydrogen-bond acceptors (Lipinski definition) is 5. The van der Waals surface area contributed by atoms with Crippen LogP contribution in [0.4, 0.5) is 15.8 Å². The molecule has 0 bridgehead atoms. The lowest BCUT2D eigenvalue weighted by molar-refractivity contribution is 0.103. The summed E-state index contributed by atoms with van der Waals surface area (Å²) in [5.74, 6) is -1.07. The van der Waals surface area contributed by atoms with Crippen LogP contribution in [0.5, 0.6) is 0 Å². The maximum Gasteiger partial charge on any atom is 0.196 e. The first-order chi connectivity index (χ1) is 11.1. The van der Waals surface area contributed by atoms with Gasteiger partial charge in [-0.15, -0.1) is 0 Å². The Morgan fingerprint density at radius 1 is 1.09 bits per heavy atom. The lowest BCUT2D eigenvalue weighted by atomic mass is 10.0. The van der Waals surface area contributed by atoms with Gasteiger partial charge in [-0.05, 0) is 24.3 Å². The molecule has 2 aromatic carbocycles. The minimum Gasteiger partial charge on any atom is -0.396 e. The van der Waals surface area contributed by atoms with Gasteiger partial charge in [0, 0.05) is 37.4 Å². The maximum absolute atomic E-state index is 14.0. The van der Waals surface area contributed by atoms with Gasteiger partial charge in [0.25, 0.3) is 0 Å². The molecule has 0 saturated carbocycles. The molecule has 122 valence electrons. The SMILES string of the molecule is NCCNCCNc1cccc(C(=O)c2cccc(N)c2F)c1. The molecule has 6 heteroatoms. The van der Waals surface area contributed by atoms with Gasteiger partial charge >= 0.3 is 0 Å². The Morgan fingerprint density at radius 2 is 1.87 bits per heavy atom. The second kappa shape index (κ2) is 8.26. The maximum atomic E-state index is 14.0. The van der Waals surface area contributed by atoms with Crippen molar-refractivity contribution in [3.63, 3.8) is 0 Å². The van der Waals surface area contributed by atoms with Gasteiger partial charge in [0.05, 0.1) is 11.3 Å². The summed E-state index contributed by atoms with van der Waals surface area (Å²) in [6, 6.07) is 11.4. The summed E-state index contributed by atoms with van der Waals surface area (Å²) in [5.41, 5.74) is 12.1. The van der Waals surface area contributed by atoms with E-state index in [1.165, 1.54) is 12.1 Å². The van der Waals surface area contributed by atoms with Crippen LogP contribution in [0, 0.1) is 5.82 Å². The largest absolute Gasteiger partial charge is 0.396 e. The minimum absolute atomic E-state index is 0.0215. The average molecular weight is 316 g/mol. The van der Waals surface area contributed by atoms with Crippen molar-refractivity contribution in [3.8, 4) is 0 Å². The van der Waals surface area contributed by atoms with Gasteiger partial charge < -0.3 is 22.1 Å². The normalized spacial score (nSPS) is 10.5. The fourth-order valence-electron chi connectivity index (χ4n) is 2.17. The lowest BCUT2D eigenvalue weighted by Crippen LogP contribution is -2.27. The molecule has 0 spiro atoms. The predicted octanol–water partition coefficient (Wildman–Crippen LogP) is 1.60. The molecule has 0 heterocycles. The first-order valence-electron chi connectivity index (χ1n) is 7.47. The quantitative estimate of drug-likeness (QED) is 0.337. The summed E-state index contributed by atoms with van der Waals surface area (Å²) in [6.07, 6.45) is 0. The number of halogens is 1. The Labute approximate surface area is 134 Å². The number of carbonyl (C=O) groups excluding carboxylic acids is 1. The van der Waals surface area contributed by atoms with Gasteiger partial charge in [-0.25, -0.2) is 4.39 Å². The first-order valence-corrected chi connectivity index (χ1v) is 7.47. The standard InChI is InChI=1S/C17H21FN4O/c18-16-14(5-2-6-15(16)20)17(23)12-3-1-4-13(11-12)22-10-9-21-8-7-19/h1-6,11,21-22H,7-10,19-20H2. The molecule has 0 saturated heterocycles. The van der Waals surface area contributed by atoms with E-state index in [1.807, 2.05) is 6.07 Å². The number of carbonyl (C=O) groups is 1. The van der Waals surface area contributed by atoms with Crippen LogP contribution in [0.25, 0.3) is 0 Å². The summed E-state index contributed by atoms with van der Waals surface area (Å²) in [6.45, 7) is 2.81. The zero-order valence-electron chi connectivity index (χ0n) is 12.8. The average Bonchev–Trinajstić information content (AvgIpc) is 2.57. The molecular weight excluding hydrogens is 295 g/mol. The molecule has 0 aromatic heterocycles. The zero-order chi connectivity index (χ0) is 16.7. The van der Waals surface area contributed by atoms with E-state index in [-0.39, 0.29) is 17.0 Å². The van der Waals surface area contributed by atoms with E-state index in [0.29, 0.717) is 18.7 Å². The van der Waals surface area contributed by atoms with Crippen LogP contribution in [0.15, 0.2) is 42.5 Å². The number of rotatable bonds is 8. The molecular formula is C17H21FN4O. The minimum atomic E-state index is -0.679. The van der Waals surface area contributed by atoms with Gasteiger partial charge in [-0.2, -0.15) is 0 Å². The molecule has 0 radical (unpaired) electrons. The Bertz CT molecular complexity index is 675. The highest BCUT2D eigenvalue weighted by Crippen LogP contribution is 2.20. The van der Waals surface area contributed by atoms with Gasteiger partial charge in [-0.1, -0.05) is 18.2 Å². The van der Waals surface area contributed by atoms with Crippen molar-refractivity contribution < 1.29 is 9.18 Å². The molecule has 0 aliphatic heterocycles. The predicted molar refractivity (Wildman–Crippen MR) is 91.1 cm³/mol. The van der Waals surface area contributed by atoms with Crippen molar-refractivity contribution in [2.45, 2.75) is 0 Å². The highest BCUT2D eigenvalue weighted by molar-refractivity contribution is 6.10. The third-order valence-corrected chi connectivity index (χ3v) is 3.35. The Morgan fingerprint density at radius 3 is 2.65 bits per heavy atom. The van der Waals surface area contributed by atoms with Crippen molar-refractivity contribution in [1.29, 1.82) is 0 Å². The molecule has 23 heavy (non-hydrogen) atoms. The van der Waals surface area contributed by atoms with Crippen molar-refractivity contribution in [2.24, 2.45) is 5.73 Å². The fourth-order valence-corrected chi connectivity index (χ4v) is 2.17. The smallest absolute Gasteiger partial charge is 0.196 e. The fraction of sp³-hybridized carbons (Fsp3) is 0.235. The molecule has 0 atom stereocenters. The van der Waals surface area contributed by atoms with E-state index in [9.17, 15) is 9.18 Å². The lowest BCUT2D eigenvalue weighted by Gasteiger charge is -2.09. The van der Waals surface area contributed by atoms with E-state index in [0.717, 1.165) is 18.8 Å². The summed E-state index contributed by atoms with van der Waals surface area (Å²) >= 11 is 0. The number of nitrogens with two attached hydrogens (primary N) is 2. The van der Waals surface area contributed by atoms with Gasteiger partial charge in [0.1, 0.15) is 0 Å². The van der Waals surface area contributed by atoms with E-state index in [4.69, 9.17) is 11.5 Å². The van der Waals surface area contributed by atoms with Gasteiger partial charge in [0.15, 0.2) is 11.6 Å². The Kier molecular flexibility index (Phi) is 6.08. The van der Waals surface area contributed by atoms with Crippen LogP contribution in [0.2, 0.25) is 0 Å². The van der Waals surface area contributed by atoms with Crippen LogP contribution in [-0.2, 0) is 0 Å². The number of nitrogens with one attached hydrogen (secondary N) is 2. The number of anilines is 2. The van der Waals surface area contributed by atoms with E-state index in [1.54, 1.807) is 24.3 Å². The van der Waals surface area contributed by atoms with E-state index in [2.05, 4.69) is 10.6 Å². The Hall–Kier alpha value is -2.44. The molecule has 2 aromatic rings. The highest BCUT2D eigenvalue weighted by atomic mass is 19.1. The van der Waals surface area contributed by atoms with Crippen molar-refractivity contribution >= 4 is 17.2 Å². The van der Waals surface area contributed by atoms with Crippen molar-refractivity contribution in [2.75, 3.05) is 37.2 Å². The van der Waals surface area contributed by atoms with E-state index >= 15 is 0 Å². The summed E-state index contributed by atoms with van der Waals surface area (Å²) in [7, 11) is 0. The summed E-state index contributed by atoms with van der Waals surface area (Å²) in [4.78, 5) is 12.4. The molecule has 2 rings (SSSR count). The molecule has 0 fully saturated rings. The number of ketones is 1. The van der Waals surface area contributed by atoms with Gasteiger partial charge in [0.2, 0.25) is 0 Å². The molecule has 0 aliphatic carbocycles. The monoisotopic (exact) mass is 316 g/mol. The molecule has 0 unspecified atom stereocenters. The van der Waals surface area contributed by atoms with Gasteiger partial charge in [-0.3, -0.25) is 4.79 Å². The highest BCUT2D eigenvalue weighted by Gasteiger charge is 2.15. The van der Waals surface area contributed by atoms with Crippen LogP contribution >= 0.6 is 0 Å². The molecule has 0 amide bonds. The number of hydrogen-bond donors (Lipinski definition) is 4. The molecule has 0 aliphatic rings. The second-order valence-electron chi connectivity index (χ2n) is 5.08. The summed E-state index contributed by atoms with van der Waals surface area (Å²) in [5, 5.41) is 6.37. The molecule has 6 N–H and O–H groups in total. The number of nitrogen functional groups attached to an aromatic ring is 1. The van der Waals surface area contributed by atoms with Crippen LogP contribution < -0.4 is 22.1 Å².